The molecule has 0 spiro atoms. The molecule has 0 fully saturated rings. The van der Waals surface area contributed by atoms with Gasteiger partial charge in [-0.1, -0.05) is 0 Å². The van der Waals surface area contributed by atoms with Gasteiger partial charge in [-0.05, 0) is 48.0 Å². The van der Waals surface area contributed by atoms with E-state index in [2.05, 4.69) is 0 Å². The van der Waals surface area contributed by atoms with E-state index in [-0.39, 0.29) is 34.8 Å². The lowest BCUT2D eigenvalue weighted by atomic mass is 9.88. The van der Waals surface area contributed by atoms with Gasteiger partial charge in [0, 0.05) is 5.56 Å². The standard InChI is InChI=1S/C22H11F3O5/c23-13-6-10(7-14(24)20(13)25)8-17-21(27)11-3-4-16-19(22(11)30-17)12(9-18(26)29-16)15-2-1-5-28-15/h1-8,12H,9H2/b17-8-/t12-/m1/s1. The van der Waals surface area contributed by atoms with E-state index in [1.807, 2.05) is 0 Å². The van der Waals surface area contributed by atoms with E-state index >= 15 is 0 Å². The zero-order valence-corrected chi connectivity index (χ0v) is 15.1. The smallest absolute Gasteiger partial charge is 0.312 e. The fourth-order valence-corrected chi connectivity index (χ4v) is 3.65. The molecule has 0 amide bonds. The molecule has 8 heteroatoms. The number of halogens is 3. The molecule has 0 aliphatic carbocycles. The summed E-state index contributed by atoms with van der Waals surface area (Å²) in [5, 5.41) is 0. The van der Waals surface area contributed by atoms with Gasteiger partial charge in [0.15, 0.2) is 23.2 Å². The van der Waals surface area contributed by atoms with Crippen LogP contribution in [0.25, 0.3) is 6.08 Å². The Morgan fingerprint density at radius 3 is 2.47 bits per heavy atom. The number of carbonyl (C=O) groups excluding carboxylic acids is 2. The lowest BCUT2D eigenvalue weighted by Gasteiger charge is -2.24. The first-order valence-electron chi connectivity index (χ1n) is 8.92. The molecule has 2 aliphatic rings. The molecular formula is C22H11F3O5. The van der Waals surface area contributed by atoms with Crippen LogP contribution in [0.1, 0.15) is 39.6 Å². The number of ketones is 1. The Hall–Kier alpha value is -3.81. The van der Waals surface area contributed by atoms with E-state index in [1.54, 1.807) is 12.1 Å². The monoisotopic (exact) mass is 412 g/mol. The van der Waals surface area contributed by atoms with Crippen LogP contribution in [0.5, 0.6) is 11.5 Å². The van der Waals surface area contributed by atoms with Gasteiger partial charge in [-0.25, -0.2) is 13.2 Å². The van der Waals surface area contributed by atoms with Crippen LogP contribution < -0.4 is 9.47 Å². The van der Waals surface area contributed by atoms with E-state index in [4.69, 9.17) is 13.9 Å². The SMILES string of the molecule is O=C1C[C@H](c2ccco2)c2c(ccc3c2O/C(=C\c2cc(F)c(F)c(F)c2)C3=O)O1. The van der Waals surface area contributed by atoms with Gasteiger partial charge in [0.05, 0.1) is 24.2 Å². The number of allylic oxidation sites excluding steroid dienone is 1. The predicted molar refractivity (Wildman–Crippen MR) is 96.5 cm³/mol. The van der Waals surface area contributed by atoms with Crippen LogP contribution in [0.3, 0.4) is 0 Å². The van der Waals surface area contributed by atoms with E-state index in [0.29, 0.717) is 11.3 Å². The Labute approximate surface area is 167 Å². The minimum Gasteiger partial charge on any atom is -0.469 e. The molecule has 0 N–H and O–H groups in total. The Morgan fingerprint density at radius 2 is 1.77 bits per heavy atom. The van der Waals surface area contributed by atoms with E-state index < -0.39 is 35.1 Å². The lowest BCUT2D eigenvalue weighted by molar-refractivity contribution is -0.135. The summed E-state index contributed by atoms with van der Waals surface area (Å²) in [5.74, 6) is -5.15. The van der Waals surface area contributed by atoms with Crippen molar-refractivity contribution < 1.29 is 36.7 Å². The summed E-state index contributed by atoms with van der Waals surface area (Å²) in [7, 11) is 0. The molecule has 0 saturated heterocycles. The van der Waals surface area contributed by atoms with Crippen molar-refractivity contribution in [2.45, 2.75) is 12.3 Å². The summed E-state index contributed by atoms with van der Waals surface area (Å²) in [6.45, 7) is 0. The number of fused-ring (bicyclic) bond motifs is 3. The summed E-state index contributed by atoms with van der Waals surface area (Å²) in [6, 6.07) is 7.82. The highest BCUT2D eigenvalue weighted by Gasteiger charge is 2.39. The second kappa shape index (κ2) is 6.62. The number of esters is 1. The van der Waals surface area contributed by atoms with Crippen LogP contribution in [0.4, 0.5) is 13.2 Å². The number of hydrogen-bond acceptors (Lipinski definition) is 5. The zero-order chi connectivity index (χ0) is 21.0. The number of carbonyl (C=O) groups is 2. The van der Waals surface area contributed by atoms with Crippen molar-refractivity contribution in [3.8, 4) is 11.5 Å². The molecule has 0 radical (unpaired) electrons. The molecule has 3 aromatic rings. The highest BCUT2D eigenvalue weighted by molar-refractivity contribution is 6.15. The van der Waals surface area contributed by atoms with Crippen molar-refractivity contribution >= 4 is 17.8 Å². The number of furan rings is 1. The van der Waals surface area contributed by atoms with Crippen molar-refractivity contribution in [2.75, 3.05) is 0 Å². The second-order valence-corrected chi connectivity index (χ2v) is 6.84. The lowest BCUT2D eigenvalue weighted by Crippen LogP contribution is -2.21. The highest BCUT2D eigenvalue weighted by Crippen LogP contribution is 2.49. The summed E-state index contributed by atoms with van der Waals surface area (Å²) >= 11 is 0. The molecule has 0 bridgehead atoms. The molecule has 150 valence electrons. The van der Waals surface area contributed by atoms with Crippen molar-refractivity contribution in [3.05, 3.63) is 88.3 Å². The third kappa shape index (κ3) is 2.80. The summed E-state index contributed by atoms with van der Waals surface area (Å²) in [6.07, 6.45) is 2.58. The number of rotatable bonds is 2. The third-order valence-corrected chi connectivity index (χ3v) is 4.97. The molecule has 0 saturated carbocycles. The maximum Gasteiger partial charge on any atom is 0.312 e. The van der Waals surface area contributed by atoms with Gasteiger partial charge in [-0.15, -0.1) is 0 Å². The van der Waals surface area contributed by atoms with E-state index in [1.165, 1.54) is 18.4 Å². The quantitative estimate of drug-likeness (QED) is 0.263. The Morgan fingerprint density at radius 1 is 1.00 bits per heavy atom. The van der Waals surface area contributed by atoms with Crippen molar-refractivity contribution in [2.24, 2.45) is 0 Å². The molecule has 5 rings (SSSR count). The van der Waals surface area contributed by atoms with E-state index in [9.17, 15) is 22.8 Å². The largest absolute Gasteiger partial charge is 0.469 e. The average molecular weight is 412 g/mol. The maximum absolute atomic E-state index is 13.5. The zero-order valence-electron chi connectivity index (χ0n) is 15.1. The average Bonchev–Trinajstić information content (AvgIpc) is 3.34. The molecule has 2 aliphatic heterocycles. The van der Waals surface area contributed by atoms with Crippen molar-refractivity contribution in [1.82, 2.24) is 0 Å². The molecule has 3 heterocycles. The van der Waals surface area contributed by atoms with Gasteiger partial charge in [0.25, 0.3) is 0 Å². The Balaban J connectivity index is 1.61. The van der Waals surface area contributed by atoms with Crippen LogP contribution in [0, 0.1) is 17.5 Å². The summed E-state index contributed by atoms with van der Waals surface area (Å²) in [4.78, 5) is 24.8. The third-order valence-electron chi connectivity index (χ3n) is 4.97. The molecule has 2 aromatic carbocycles. The van der Waals surface area contributed by atoms with Crippen molar-refractivity contribution in [3.63, 3.8) is 0 Å². The molecule has 0 unspecified atom stereocenters. The molecule has 5 nitrogen and oxygen atoms in total. The fraction of sp³-hybridized carbons (Fsp3) is 0.0909. The molecule has 30 heavy (non-hydrogen) atoms. The molecular weight excluding hydrogens is 401 g/mol. The minimum atomic E-state index is -1.60. The first kappa shape index (κ1) is 18.2. The van der Waals surface area contributed by atoms with Gasteiger partial charge in [-0.2, -0.15) is 0 Å². The number of Topliss-reactive ketones (excluding diaryl/α,β-unsaturated/α-hetero) is 1. The number of ether oxygens (including phenoxy) is 2. The summed E-state index contributed by atoms with van der Waals surface area (Å²) in [5.41, 5.74) is 0.596. The highest BCUT2D eigenvalue weighted by atomic mass is 19.2. The van der Waals surface area contributed by atoms with Crippen LogP contribution in [0.2, 0.25) is 0 Å². The first-order valence-corrected chi connectivity index (χ1v) is 8.92. The van der Waals surface area contributed by atoms with Gasteiger partial charge >= 0.3 is 5.97 Å². The van der Waals surface area contributed by atoms with Gasteiger partial charge in [0.2, 0.25) is 5.78 Å². The minimum absolute atomic E-state index is 0.0120. The Kier molecular flexibility index (Phi) is 4.02. The second-order valence-electron chi connectivity index (χ2n) is 6.84. The van der Waals surface area contributed by atoms with E-state index in [0.717, 1.165) is 18.2 Å². The first-order chi connectivity index (χ1) is 14.4. The topological polar surface area (TPSA) is 65.7 Å². The molecule has 1 aromatic heterocycles. The van der Waals surface area contributed by atoms with Gasteiger partial charge < -0.3 is 13.9 Å². The summed E-state index contributed by atoms with van der Waals surface area (Å²) < 4.78 is 56.7. The van der Waals surface area contributed by atoms with Crippen LogP contribution in [-0.2, 0) is 4.79 Å². The normalized spacial score (nSPS) is 18.8. The maximum atomic E-state index is 13.5. The molecule has 1 atom stereocenters. The van der Waals surface area contributed by atoms with Gasteiger partial charge in [0.1, 0.15) is 17.3 Å². The van der Waals surface area contributed by atoms with Gasteiger partial charge in [-0.3, -0.25) is 9.59 Å². The number of hydrogen-bond donors (Lipinski definition) is 0. The predicted octanol–water partition coefficient (Wildman–Crippen LogP) is 4.75. The fourth-order valence-electron chi connectivity index (χ4n) is 3.65. The van der Waals surface area contributed by atoms with Crippen LogP contribution in [0.15, 0.2) is 52.8 Å². The number of benzene rings is 2. The Bertz CT molecular complexity index is 1220. The van der Waals surface area contributed by atoms with Crippen LogP contribution in [-0.4, -0.2) is 11.8 Å². The van der Waals surface area contributed by atoms with Crippen molar-refractivity contribution in [1.29, 1.82) is 0 Å². The van der Waals surface area contributed by atoms with Crippen LogP contribution >= 0.6 is 0 Å².